The minimum Gasteiger partial charge on any atom is -0.325 e. The topological polar surface area (TPSA) is 23.6 Å². The number of carbonyl (C=O) groups excluding carboxylic acids is 1. The lowest BCUT2D eigenvalue weighted by molar-refractivity contribution is -0.128. The van der Waals surface area contributed by atoms with Crippen molar-refractivity contribution >= 4 is 29.3 Å². The molecule has 1 saturated heterocycles. The van der Waals surface area contributed by atoms with Crippen LogP contribution in [-0.4, -0.2) is 46.6 Å². The monoisotopic (exact) mass is 358 g/mol. The predicted octanol–water partition coefficient (Wildman–Crippen LogP) is 4.17. The van der Waals surface area contributed by atoms with Crippen molar-refractivity contribution in [3.63, 3.8) is 0 Å². The standard InChI is InChI=1S/C17H24ClFN2OS/c1-11(2)20(12(3)4)7-8-21-16(22)10-23-17(21)13-5-6-15(19)14(18)9-13/h5-6,9,11-12,17H,7-8,10H2,1-4H3. The molecule has 1 aliphatic heterocycles. The van der Waals surface area contributed by atoms with E-state index >= 15 is 0 Å². The molecular weight excluding hydrogens is 335 g/mol. The Morgan fingerprint density at radius 3 is 2.57 bits per heavy atom. The van der Waals surface area contributed by atoms with Crippen LogP contribution >= 0.6 is 23.4 Å². The van der Waals surface area contributed by atoms with E-state index in [1.54, 1.807) is 23.9 Å². The number of carbonyl (C=O) groups is 1. The molecule has 3 nitrogen and oxygen atoms in total. The number of halogens is 2. The minimum absolute atomic E-state index is 0.0817. The van der Waals surface area contributed by atoms with Gasteiger partial charge in [-0.05, 0) is 45.4 Å². The van der Waals surface area contributed by atoms with Crippen LogP contribution in [0.3, 0.4) is 0 Å². The molecule has 1 aromatic rings. The molecule has 2 rings (SSSR count). The van der Waals surface area contributed by atoms with Crippen LogP contribution in [0.25, 0.3) is 0 Å². The van der Waals surface area contributed by atoms with E-state index < -0.39 is 5.82 Å². The largest absolute Gasteiger partial charge is 0.325 e. The van der Waals surface area contributed by atoms with Gasteiger partial charge in [0.2, 0.25) is 5.91 Å². The maximum absolute atomic E-state index is 13.4. The summed E-state index contributed by atoms with van der Waals surface area (Å²) in [5.74, 6) is 0.165. The molecule has 0 aromatic heterocycles. The quantitative estimate of drug-likeness (QED) is 0.762. The van der Waals surface area contributed by atoms with Gasteiger partial charge in [0.1, 0.15) is 11.2 Å². The second-order valence-corrected chi connectivity index (χ2v) is 7.83. The fourth-order valence-corrected chi connectivity index (χ4v) is 4.37. The van der Waals surface area contributed by atoms with Gasteiger partial charge in [-0.25, -0.2) is 4.39 Å². The van der Waals surface area contributed by atoms with Crippen LogP contribution in [0.5, 0.6) is 0 Å². The average molecular weight is 359 g/mol. The van der Waals surface area contributed by atoms with E-state index in [9.17, 15) is 9.18 Å². The molecule has 1 heterocycles. The van der Waals surface area contributed by atoms with E-state index in [4.69, 9.17) is 11.6 Å². The molecule has 1 fully saturated rings. The summed E-state index contributed by atoms with van der Waals surface area (Å²) in [6.07, 6.45) is 0. The van der Waals surface area contributed by atoms with Crippen molar-refractivity contribution in [1.29, 1.82) is 0 Å². The second kappa shape index (κ2) is 7.86. The normalized spacial score (nSPS) is 18.7. The Labute approximate surface area is 147 Å². The van der Waals surface area contributed by atoms with E-state index in [-0.39, 0.29) is 16.3 Å². The highest BCUT2D eigenvalue weighted by molar-refractivity contribution is 8.00. The van der Waals surface area contributed by atoms with Crippen molar-refractivity contribution in [1.82, 2.24) is 9.80 Å². The zero-order valence-corrected chi connectivity index (χ0v) is 15.6. The summed E-state index contributed by atoms with van der Waals surface area (Å²) in [5, 5.41) is 0.0233. The molecule has 0 saturated carbocycles. The first-order chi connectivity index (χ1) is 10.8. The molecular formula is C17H24ClFN2OS. The van der Waals surface area contributed by atoms with Gasteiger partial charge >= 0.3 is 0 Å². The lowest BCUT2D eigenvalue weighted by atomic mass is 10.2. The Hall–Kier alpha value is -0.780. The number of thioether (sulfide) groups is 1. The number of amides is 1. The summed E-state index contributed by atoms with van der Waals surface area (Å²) in [6.45, 7) is 10.2. The molecule has 1 aromatic carbocycles. The van der Waals surface area contributed by atoms with Crippen molar-refractivity contribution in [2.24, 2.45) is 0 Å². The van der Waals surface area contributed by atoms with Gasteiger partial charge in [0.15, 0.2) is 0 Å². The first-order valence-corrected chi connectivity index (χ1v) is 9.35. The van der Waals surface area contributed by atoms with Gasteiger partial charge in [0.25, 0.3) is 0 Å². The van der Waals surface area contributed by atoms with E-state index in [2.05, 4.69) is 32.6 Å². The highest BCUT2D eigenvalue weighted by atomic mass is 35.5. The molecule has 1 unspecified atom stereocenters. The van der Waals surface area contributed by atoms with Crippen molar-refractivity contribution in [2.45, 2.75) is 45.2 Å². The molecule has 128 valence electrons. The Bertz CT molecular complexity index is 560. The van der Waals surface area contributed by atoms with Crippen LogP contribution in [0.2, 0.25) is 5.02 Å². The molecule has 6 heteroatoms. The van der Waals surface area contributed by atoms with Gasteiger partial charge in [-0.15, -0.1) is 11.8 Å². The van der Waals surface area contributed by atoms with Crippen LogP contribution in [0, 0.1) is 5.82 Å². The zero-order chi connectivity index (χ0) is 17.1. The third kappa shape index (κ3) is 4.40. The molecule has 0 N–H and O–H groups in total. The maximum atomic E-state index is 13.4. The van der Waals surface area contributed by atoms with E-state index in [0.29, 0.717) is 24.4 Å². The van der Waals surface area contributed by atoms with Crippen LogP contribution in [0.4, 0.5) is 4.39 Å². The molecule has 0 aliphatic carbocycles. The molecule has 1 atom stereocenters. The van der Waals surface area contributed by atoms with Crippen molar-refractivity contribution < 1.29 is 9.18 Å². The molecule has 1 amide bonds. The van der Waals surface area contributed by atoms with E-state index in [1.165, 1.54) is 6.07 Å². The second-order valence-electron chi connectivity index (χ2n) is 6.35. The third-order valence-corrected chi connectivity index (χ3v) is 5.67. The number of nitrogens with zero attached hydrogens (tertiary/aromatic N) is 2. The maximum Gasteiger partial charge on any atom is 0.233 e. The predicted molar refractivity (Wildman–Crippen MR) is 95.3 cm³/mol. The first-order valence-electron chi connectivity index (χ1n) is 7.93. The number of rotatable bonds is 6. The molecule has 23 heavy (non-hydrogen) atoms. The molecule has 0 bridgehead atoms. The first kappa shape index (κ1) is 18.6. The summed E-state index contributed by atoms with van der Waals surface area (Å²) in [5.41, 5.74) is 0.882. The van der Waals surface area contributed by atoms with E-state index in [1.807, 2.05) is 4.90 Å². The van der Waals surface area contributed by atoms with Crippen molar-refractivity contribution in [3.8, 4) is 0 Å². The van der Waals surface area contributed by atoms with Gasteiger partial charge < -0.3 is 4.90 Å². The van der Waals surface area contributed by atoms with Gasteiger partial charge in [0, 0.05) is 25.2 Å². The lowest BCUT2D eigenvalue weighted by Crippen LogP contribution is -2.43. The summed E-state index contributed by atoms with van der Waals surface area (Å²) < 4.78 is 13.4. The highest BCUT2D eigenvalue weighted by Crippen LogP contribution is 2.39. The van der Waals surface area contributed by atoms with Crippen molar-refractivity contribution in [2.75, 3.05) is 18.8 Å². The van der Waals surface area contributed by atoms with Gasteiger partial charge in [-0.1, -0.05) is 17.7 Å². The minimum atomic E-state index is -0.429. The van der Waals surface area contributed by atoms with Crippen molar-refractivity contribution in [3.05, 3.63) is 34.6 Å². The van der Waals surface area contributed by atoms with Gasteiger partial charge in [0.05, 0.1) is 10.8 Å². The fraction of sp³-hybridized carbons (Fsp3) is 0.588. The average Bonchev–Trinajstić information content (AvgIpc) is 2.83. The highest BCUT2D eigenvalue weighted by Gasteiger charge is 2.33. The smallest absolute Gasteiger partial charge is 0.233 e. The number of hydrogen-bond acceptors (Lipinski definition) is 3. The fourth-order valence-electron chi connectivity index (χ4n) is 2.97. The Kier molecular flexibility index (Phi) is 6.34. The molecule has 1 aliphatic rings. The number of benzene rings is 1. The van der Waals surface area contributed by atoms with Crippen LogP contribution < -0.4 is 0 Å². The van der Waals surface area contributed by atoms with Gasteiger partial charge in [-0.3, -0.25) is 9.69 Å². The SMILES string of the molecule is CC(C)N(CCN1C(=O)CSC1c1ccc(F)c(Cl)c1)C(C)C. The molecule has 0 radical (unpaired) electrons. The van der Waals surface area contributed by atoms with Crippen LogP contribution in [-0.2, 0) is 4.79 Å². The summed E-state index contributed by atoms with van der Waals surface area (Å²) >= 11 is 7.46. The lowest BCUT2D eigenvalue weighted by Gasteiger charge is -2.33. The summed E-state index contributed by atoms with van der Waals surface area (Å²) in [6, 6.07) is 5.57. The Balaban J connectivity index is 2.12. The zero-order valence-electron chi connectivity index (χ0n) is 14.1. The van der Waals surface area contributed by atoms with Crippen LogP contribution in [0.15, 0.2) is 18.2 Å². The third-order valence-electron chi connectivity index (χ3n) is 4.12. The summed E-state index contributed by atoms with van der Waals surface area (Å²) in [4.78, 5) is 16.5. The Morgan fingerprint density at radius 1 is 1.35 bits per heavy atom. The van der Waals surface area contributed by atoms with E-state index in [0.717, 1.165) is 12.1 Å². The van der Waals surface area contributed by atoms with Crippen LogP contribution in [0.1, 0.15) is 38.6 Å². The number of hydrogen-bond donors (Lipinski definition) is 0. The molecule has 0 spiro atoms. The Morgan fingerprint density at radius 2 is 2.00 bits per heavy atom. The van der Waals surface area contributed by atoms with Gasteiger partial charge in [-0.2, -0.15) is 0 Å². The summed E-state index contributed by atoms with van der Waals surface area (Å²) in [7, 11) is 0.